The second kappa shape index (κ2) is 4.22. The number of hydrogen-bond acceptors (Lipinski definition) is 5. The molecule has 5 atom stereocenters. The van der Waals surface area contributed by atoms with E-state index < -0.39 is 36.5 Å². The summed E-state index contributed by atoms with van der Waals surface area (Å²) in [6, 6.07) is 0. The molecule has 0 bridgehead atoms. The van der Waals surface area contributed by atoms with Crippen LogP contribution in [-0.4, -0.2) is 53.0 Å². The Labute approximate surface area is 81.1 Å². The minimum Gasteiger partial charge on any atom is -0.479 e. The van der Waals surface area contributed by atoms with Gasteiger partial charge in [0.1, 0.15) is 6.10 Å². The maximum atomic E-state index is 10.7. The van der Waals surface area contributed by atoms with Crippen LogP contribution in [0, 0.1) is 5.92 Å². The van der Waals surface area contributed by atoms with Crippen LogP contribution in [0.5, 0.6) is 0 Å². The van der Waals surface area contributed by atoms with E-state index in [1.165, 1.54) is 14.0 Å². The normalized spacial score (nSPS) is 43.6. The van der Waals surface area contributed by atoms with Crippen LogP contribution in [0.3, 0.4) is 0 Å². The Hall–Kier alpha value is -0.690. The van der Waals surface area contributed by atoms with Crippen molar-refractivity contribution in [2.75, 3.05) is 7.11 Å². The number of ether oxygens (including phenoxy) is 2. The molecule has 6 heteroatoms. The number of hydrogen-bond donors (Lipinski definition) is 3. The topological polar surface area (TPSA) is 96.2 Å². The monoisotopic (exact) mass is 206 g/mol. The maximum Gasteiger partial charge on any atom is 0.333 e. The average molecular weight is 206 g/mol. The number of aliphatic hydroxyl groups is 2. The van der Waals surface area contributed by atoms with Crippen LogP contribution in [-0.2, 0) is 14.3 Å². The number of aliphatic hydroxyl groups excluding tert-OH is 2. The Kier molecular flexibility index (Phi) is 3.43. The third-order valence-electron chi connectivity index (χ3n) is 2.40. The van der Waals surface area contributed by atoms with Gasteiger partial charge in [-0.15, -0.1) is 0 Å². The van der Waals surface area contributed by atoms with Crippen molar-refractivity contribution < 1.29 is 29.6 Å². The van der Waals surface area contributed by atoms with E-state index in [1.54, 1.807) is 0 Å². The lowest BCUT2D eigenvalue weighted by Crippen LogP contribution is -2.56. The standard InChI is InChI=1S/C8H14O6/c1-3-4(9)5(10)8(13-2)14-6(3)7(11)12/h3-6,8-10H,1-2H3,(H,11,12)/t3-,4-,5?,6?,8-/m1/s1. The SMILES string of the molecule is CO[C@@H]1OC(C(=O)O)[C@H](C)[C@@H](O)C1O. The third kappa shape index (κ3) is 1.88. The van der Waals surface area contributed by atoms with Gasteiger partial charge in [-0.05, 0) is 0 Å². The van der Waals surface area contributed by atoms with Crippen LogP contribution >= 0.6 is 0 Å². The van der Waals surface area contributed by atoms with E-state index in [2.05, 4.69) is 0 Å². The lowest BCUT2D eigenvalue weighted by molar-refractivity contribution is -0.274. The van der Waals surface area contributed by atoms with Crippen LogP contribution in [0.1, 0.15) is 6.92 Å². The molecule has 0 saturated carbocycles. The Morgan fingerprint density at radius 1 is 1.36 bits per heavy atom. The Bertz CT molecular complexity index is 216. The van der Waals surface area contributed by atoms with E-state index >= 15 is 0 Å². The molecule has 0 aliphatic carbocycles. The number of aliphatic carboxylic acids is 1. The Balaban J connectivity index is 2.78. The van der Waals surface area contributed by atoms with Crippen molar-refractivity contribution in [3.05, 3.63) is 0 Å². The van der Waals surface area contributed by atoms with Gasteiger partial charge < -0.3 is 24.8 Å². The van der Waals surface area contributed by atoms with Gasteiger partial charge in [0, 0.05) is 13.0 Å². The summed E-state index contributed by atoms with van der Waals surface area (Å²) in [4.78, 5) is 10.7. The number of carboxylic acid groups (broad SMARTS) is 1. The van der Waals surface area contributed by atoms with Crippen LogP contribution in [0.2, 0.25) is 0 Å². The van der Waals surface area contributed by atoms with E-state index in [4.69, 9.17) is 14.6 Å². The summed E-state index contributed by atoms with van der Waals surface area (Å²) in [6.07, 6.45) is -4.62. The molecule has 0 aromatic heterocycles. The van der Waals surface area contributed by atoms with Crippen LogP contribution < -0.4 is 0 Å². The van der Waals surface area contributed by atoms with E-state index in [9.17, 15) is 15.0 Å². The van der Waals surface area contributed by atoms with Gasteiger partial charge in [0.25, 0.3) is 0 Å². The third-order valence-corrected chi connectivity index (χ3v) is 2.40. The van der Waals surface area contributed by atoms with Gasteiger partial charge in [-0.25, -0.2) is 4.79 Å². The van der Waals surface area contributed by atoms with Gasteiger partial charge >= 0.3 is 5.97 Å². The predicted molar refractivity (Wildman–Crippen MR) is 44.5 cm³/mol. The zero-order valence-corrected chi connectivity index (χ0v) is 7.95. The molecule has 3 N–H and O–H groups in total. The van der Waals surface area contributed by atoms with Gasteiger partial charge in [0.05, 0.1) is 6.10 Å². The molecule has 1 aliphatic heterocycles. The lowest BCUT2D eigenvalue weighted by atomic mass is 9.91. The van der Waals surface area contributed by atoms with Crippen molar-refractivity contribution in [1.29, 1.82) is 0 Å². The second-order valence-electron chi connectivity index (χ2n) is 3.34. The summed E-state index contributed by atoms with van der Waals surface area (Å²) in [5, 5.41) is 27.7. The Morgan fingerprint density at radius 2 is 1.93 bits per heavy atom. The molecule has 1 fully saturated rings. The fourth-order valence-corrected chi connectivity index (χ4v) is 1.48. The van der Waals surface area contributed by atoms with Crippen molar-refractivity contribution in [2.24, 2.45) is 5.92 Å². The van der Waals surface area contributed by atoms with Crippen LogP contribution in [0.4, 0.5) is 0 Å². The molecule has 1 heterocycles. The number of carbonyl (C=O) groups is 1. The molecule has 82 valence electrons. The molecule has 0 aromatic carbocycles. The fourth-order valence-electron chi connectivity index (χ4n) is 1.48. The highest BCUT2D eigenvalue weighted by atomic mass is 16.7. The van der Waals surface area contributed by atoms with Crippen molar-refractivity contribution in [2.45, 2.75) is 31.5 Å². The zero-order chi connectivity index (χ0) is 10.9. The summed E-state index contributed by atoms with van der Waals surface area (Å²) in [6.45, 7) is 1.50. The van der Waals surface area contributed by atoms with E-state index in [0.717, 1.165) is 0 Å². The first-order valence-corrected chi connectivity index (χ1v) is 4.26. The molecule has 0 aromatic rings. The first-order valence-electron chi connectivity index (χ1n) is 4.26. The smallest absolute Gasteiger partial charge is 0.333 e. The molecule has 0 radical (unpaired) electrons. The van der Waals surface area contributed by atoms with E-state index in [1.807, 2.05) is 0 Å². The number of methoxy groups -OCH3 is 1. The number of rotatable bonds is 2. The molecule has 14 heavy (non-hydrogen) atoms. The van der Waals surface area contributed by atoms with Gasteiger partial charge in [-0.2, -0.15) is 0 Å². The van der Waals surface area contributed by atoms with Crippen LogP contribution in [0.25, 0.3) is 0 Å². The van der Waals surface area contributed by atoms with Crippen molar-refractivity contribution in [3.8, 4) is 0 Å². The highest BCUT2D eigenvalue weighted by molar-refractivity contribution is 5.73. The fraction of sp³-hybridized carbons (Fsp3) is 0.875. The Morgan fingerprint density at radius 3 is 2.36 bits per heavy atom. The van der Waals surface area contributed by atoms with E-state index in [-0.39, 0.29) is 0 Å². The van der Waals surface area contributed by atoms with E-state index in [0.29, 0.717) is 0 Å². The van der Waals surface area contributed by atoms with Crippen LogP contribution in [0.15, 0.2) is 0 Å². The average Bonchev–Trinajstić information content (AvgIpc) is 2.14. The maximum absolute atomic E-state index is 10.7. The lowest BCUT2D eigenvalue weighted by Gasteiger charge is -2.38. The number of carboxylic acids is 1. The quantitative estimate of drug-likeness (QED) is 0.525. The molecule has 1 rings (SSSR count). The van der Waals surface area contributed by atoms with Gasteiger partial charge in [-0.3, -0.25) is 0 Å². The highest BCUT2D eigenvalue weighted by Gasteiger charge is 2.45. The molecule has 2 unspecified atom stereocenters. The molecule has 0 spiro atoms. The molecular formula is C8H14O6. The van der Waals surface area contributed by atoms with Crippen molar-refractivity contribution in [1.82, 2.24) is 0 Å². The summed E-state index contributed by atoms with van der Waals surface area (Å²) < 4.78 is 9.67. The molecule has 6 nitrogen and oxygen atoms in total. The molecular weight excluding hydrogens is 192 g/mol. The van der Waals surface area contributed by atoms with Gasteiger partial charge in [0.2, 0.25) is 0 Å². The molecule has 1 aliphatic rings. The highest BCUT2D eigenvalue weighted by Crippen LogP contribution is 2.26. The minimum absolute atomic E-state index is 0.672. The molecule has 1 saturated heterocycles. The second-order valence-corrected chi connectivity index (χ2v) is 3.34. The predicted octanol–water partition coefficient (Wildman–Crippen LogP) is -1.20. The minimum atomic E-state index is -1.22. The van der Waals surface area contributed by atoms with Crippen molar-refractivity contribution in [3.63, 3.8) is 0 Å². The molecule has 0 amide bonds. The summed E-state index contributed by atoms with van der Waals surface area (Å²) >= 11 is 0. The zero-order valence-electron chi connectivity index (χ0n) is 7.95. The van der Waals surface area contributed by atoms with Gasteiger partial charge in [-0.1, -0.05) is 6.92 Å². The first-order chi connectivity index (χ1) is 6.49. The summed E-state index contributed by atoms with van der Waals surface area (Å²) in [5.41, 5.74) is 0. The van der Waals surface area contributed by atoms with Gasteiger partial charge in [0.15, 0.2) is 12.4 Å². The summed E-state index contributed by atoms with van der Waals surface area (Å²) in [7, 11) is 1.27. The van der Waals surface area contributed by atoms with Crippen molar-refractivity contribution >= 4 is 5.97 Å². The summed E-state index contributed by atoms with van der Waals surface area (Å²) in [5.74, 6) is -1.85. The first kappa shape index (κ1) is 11.4. The largest absolute Gasteiger partial charge is 0.479 e.